The molecule has 1 saturated carbocycles. The summed E-state index contributed by atoms with van der Waals surface area (Å²) in [4.78, 5) is 35.5. The molecule has 0 saturated heterocycles. The highest BCUT2D eigenvalue weighted by atomic mass is 16.3. The molecule has 0 radical (unpaired) electrons. The molecule has 1 fully saturated rings. The molecule has 0 aromatic rings. The fraction of sp³-hybridized carbons (Fsp3) is 0.688. The predicted octanol–water partition coefficient (Wildman–Crippen LogP) is -0.521. The average Bonchev–Trinajstić information content (AvgIpc) is 2.87. The second-order valence-corrected chi connectivity index (χ2v) is 6.47. The summed E-state index contributed by atoms with van der Waals surface area (Å²) in [6, 6.07) is -0.487. The van der Waals surface area contributed by atoms with Crippen LogP contribution in [0.15, 0.2) is 12.2 Å². The molecule has 1 aliphatic heterocycles. The van der Waals surface area contributed by atoms with E-state index in [9.17, 15) is 19.5 Å². The van der Waals surface area contributed by atoms with E-state index in [1.165, 1.54) is 12.2 Å². The number of hydrogen-bond acceptors (Lipinski definition) is 5. The van der Waals surface area contributed by atoms with Crippen LogP contribution in [0.1, 0.15) is 32.1 Å². The number of aliphatic hydroxyl groups excluding tert-OH is 1. The van der Waals surface area contributed by atoms with Crippen molar-refractivity contribution in [3.8, 4) is 0 Å². The van der Waals surface area contributed by atoms with Gasteiger partial charge in [-0.05, 0) is 38.0 Å². The normalized spacial score (nSPS) is 25.0. The number of hydrogen-bond donors (Lipinski definition) is 4. The minimum Gasteiger partial charge on any atom is -0.393 e. The fourth-order valence-corrected chi connectivity index (χ4v) is 3.11. The summed E-state index contributed by atoms with van der Waals surface area (Å²) < 4.78 is 0. The number of urea groups is 1. The lowest BCUT2D eigenvalue weighted by Gasteiger charge is -2.27. The predicted molar refractivity (Wildman–Crippen MR) is 87.8 cm³/mol. The monoisotopic (exact) mass is 338 g/mol. The van der Waals surface area contributed by atoms with Crippen LogP contribution in [0, 0.1) is 5.92 Å². The van der Waals surface area contributed by atoms with Crippen LogP contribution in [0.3, 0.4) is 0 Å². The van der Waals surface area contributed by atoms with Crippen molar-refractivity contribution in [2.24, 2.45) is 11.7 Å². The Morgan fingerprint density at radius 1 is 1.21 bits per heavy atom. The zero-order valence-corrected chi connectivity index (χ0v) is 13.7. The molecular formula is C16H26N4O4. The summed E-state index contributed by atoms with van der Waals surface area (Å²) >= 11 is 0. The first kappa shape index (κ1) is 18.4. The molecule has 1 heterocycles. The number of aliphatic hydroxyl groups is 1. The summed E-state index contributed by atoms with van der Waals surface area (Å²) in [5.74, 6) is -0.211. The summed E-state index contributed by atoms with van der Waals surface area (Å²) in [5.41, 5.74) is 6.04. The lowest BCUT2D eigenvalue weighted by Crippen LogP contribution is -2.45. The second-order valence-electron chi connectivity index (χ2n) is 6.47. The summed E-state index contributed by atoms with van der Waals surface area (Å²) in [6.45, 7) is 0.712. The Bertz CT molecular complexity index is 482. The highest BCUT2D eigenvalue weighted by molar-refractivity contribution is 6.12. The number of nitrogens with zero attached hydrogens (tertiary/aromatic N) is 1. The van der Waals surface area contributed by atoms with E-state index >= 15 is 0 Å². The number of carbonyl (C=O) groups excluding carboxylic acids is 3. The first-order chi connectivity index (χ1) is 11.5. The molecule has 0 aromatic carbocycles. The van der Waals surface area contributed by atoms with Crippen LogP contribution in [0.2, 0.25) is 0 Å². The van der Waals surface area contributed by atoms with Crippen LogP contribution in [-0.2, 0) is 9.59 Å². The molecular weight excluding hydrogens is 312 g/mol. The van der Waals surface area contributed by atoms with Crippen molar-refractivity contribution >= 4 is 17.8 Å². The van der Waals surface area contributed by atoms with Crippen molar-refractivity contribution in [3.63, 3.8) is 0 Å². The minimum absolute atomic E-state index is 0.123. The number of amides is 4. The van der Waals surface area contributed by atoms with E-state index in [1.807, 2.05) is 0 Å². The molecule has 134 valence electrons. The zero-order valence-electron chi connectivity index (χ0n) is 13.7. The molecule has 2 aliphatic rings. The molecule has 2 rings (SSSR count). The Morgan fingerprint density at radius 3 is 2.46 bits per heavy atom. The third-order valence-corrected chi connectivity index (χ3v) is 4.50. The number of rotatable bonds is 7. The van der Waals surface area contributed by atoms with Crippen LogP contribution in [-0.4, -0.2) is 59.6 Å². The SMILES string of the molecule is N[C@H](CNC(=O)NCCN1C(=O)C=CC1=O)CC1CCC(O)CC1. The lowest BCUT2D eigenvalue weighted by atomic mass is 9.83. The molecule has 5 N–H and O–H groups in total. The Balaban J connectivity index is 1.56. The van der Waals surface area contributed by atoms with Gasteiger partial charge in [0.15, 0.2) is 0 Å². The summed E-state index contributed by atoms with van der Waals surface area (Å²) in [7, 11) is 0. The maximum absolute atomic E-state index is 11.7. The van der Waals surface area contributed by atoms with E-state index in [4.69, 9.17) is 5.73 Å². The Kier molecular flexibility index (Phi) is 6.74. The van der Waals surface area contributed by atoms with Gasteiger partial charge < -0.3 is 21.5 Å². The quantitative estimate of drug-likeness (QED) is 0.465. The molecule has 0 spiro atoms. The van der Waals surface area contributed by atoms with E-state index in [-0.39, 0.29) is 43.1 Å². The average molecular weight is 338 g/mol. The molecule has 1 aliphatic carbocycles. The highest BCUT2D eigenvalue weighted by Gasteiger charge is 2.23. The van der Waals surface area contributed by atoms with Gasteiger partial charge in [-0.25, -0.2) is 4.79 Å². The standard InChI is InChI=1S/C16H26N4O4/c17-12(9-11-1-3-13(21)4-2-11)10-19-16(24)18-7-8-20-14(22)5-6-15(20)23/h5-6,11-13,21H,1-4,7-10,17H2,(H2,18,19,24)/t11?,12-,13?/m0/s1. The third kappa shape index (κ3) is 5.61. The smallest absolute Gasteiger partial charge is 0.314 e. The van der Waals surface area contributed by atoms with Gasteiger partial charge in [-0.2, -0.15) is 0 Å². The number of nitrogens with two attached hydrogens (primary N) is 1. The van der Waals surface area contributed by atoms with Crippen LogP contribution >= 0.6 is 0 Å². The maximum Gasteiger partial charge on any atom is 0.314 e. The lowest BCUT2D eigenvalue weighted by molar-refractivity contribution is -0.136. The van der Waals surface area contributed by atoms with E-state index in [1.54, 1.807) is 0 Å². The van der Waals surface area contributed by atoms with Crippen LogP contribution in [0.4, 0.5) is 4.79 Å². The van der Waals surface area contributed by atoms with Gasteiger partial charge in [0.25, 0.3) is 11.8 Å². The molecule has 24 heavy (non-hydrogen) atoms. The summed E-state index contributed by atoms with van der Waals surface area (Å²) in [5, 5.41) is 14.8. The molecule has 1 atom stereocenters. The van der Waals surface area contributed by atoms with Gasteiger partial charge in [-0.3, -0.25) is 14.5 Å². The van der Waals surface area contributed by atoms with E-state index in [0.717, 1.165) is 37.0 Å². The Labute approximate surface area is 141 Å². The van der Waals surface area contributed by atoms with Gasteiger partial charge >= 0.3 is 6.03 Å². The van der Waals surface area contributed by atoms with Crippen molar-refractivity contribution < 1.29 is 19.5 Å². The topological polar surface area (TPSA) is 125 Å². The number of carbonyl (C=O) groups is 3. The second kappa shape index (κ2) is 8.79. The Morgan fingerprint density at radius 2 is 1.83 bits per heavy atom. The van der Waals surface area contributed by atoms with Gasteiger partial charge in [0.2, 0.25) is 0 Å². The summed E-state index contributed by atoms with van der Waals surface area (Å²) in [6.07, 6.45) is 6.69. The van der Waals surface area contributed by atoms with Crippen molar-refractivity contribution in [1.82, 2.24) is 15.5 Å². The van der Waals surface area contributed by atoms with Gasteiger partial charge in [0.05, 0.1) is 6.10 Å². The molecule has 0 bridgehead atoms. The fourth-order valence-electron chi connectivity index (χ4n) is 3.11. The van der Waals surface area contributed by atoms with Gasteiger partial charge in [0, 0.05) is 37.8 Å². The van der Waals surface area contributed by atoms with Gasteiger partial charge in [-0.1, -0.05) is 0 Å². The van der Waals surface area contributed by atoms with Crippen molar-refractivity contribution in [2.45, 2.75) is 44.2 Å². The minimum atomic E-state index is -0.364. The van der Waals surface area contributed by atoms with Crippen molar-refractivity contribution in [1.29, 1.82) is 0 Å². The first-order valence-corrected chi connectivity index (χ1v) is 8.44. The van der Waals surface area contributed by atoms with Gasteiger partial charge in [-0.15, -0.1) is 0 Å². The van der Waals surface area contributed by atoms with Crippen molar-refractivity contribution in [2.75, 3.05) is 19.6 Å². The number of nitrogens with one attached hydrogen (secondary N) is 2. The van der Waals surface area contributed by atoms with E-state index in [0.29, 0.717) is 12.5 Å². The van der Waals surface area contributed by atoms with Gasteiger partial charge in [0.1, 0.15) is 0 Å². The molecule has 4 amide bonds. The highest BCUT2D eigenvalue weighted by Crippen LogP contribution is 2.27. The van der Waals surface area contributed by atoms with Crippen molar-refractivity contribution in [3.05, 3.63) is 12.2 Å². The van der Waals surface area contributed by atoms with E-state index in [2.05, 4.69) is 10.6 Å². The third-order valence-electron chi connectivity index (χ3n) is 4.50. The maximum atomic E-state index is 11.7. The van der Waals surface area contributed by atoms with Crippen LogP contribution in [0.5, 0.6) is 0 Å². The molecule has 8 nitrogen and oxygen atoms in total. The van der Waals surface area contributed by atoms with Crippen LogP contribution in [0.25, 0.3) is 0 Å². The molecule has 8 heteroatoms. The van der Waals surface area contributed by atoms with E-state index < -0.39 is 0 Å². The van der Waals surface area contributed by atoms with Crippen LogP contribution < -0.4 is 16.4 Å². The molecule has 0 aromatic heterocycles. The Hall–Kier alpha value is -1.93. The molecule has 0 unspecified atom stereocenters. The largest absolute Gasteiger partial charge is 0.393 e. The number of imide groups is 1. The first-order valence-electron chi connectivity index (χ1n) is 8.44. The zero-order chi connectivity index (χ0) is 17.5.